The summed E-state index contributed by atoms with van der Waals surface area (Å²) in [5, 5.41) is 2.63. The Morgan fingerprint density at radius 2 is 2.24 bits per heavy atom. The molecule has 0 saturated carbocycles. The second kappa shape index (κ2) is 7.06. The van der Waals surface area contributed by atoms with Gasteiger partial charge in [0.05, 0.1) is 16.8 Å². The van der Waals surface area contributed by atoms with Crippen molar-refractivity contribution in [3.63, 3.8) is 0 Å². The summed E-state index contributed by atoms with van der Waals surface area (Å²) < 4.78 is 11.7. The molecule has 0 fully saturated rings. The summed E-state index contributed by atoms with van der Waals surface area (Å²) in [6.45, 7) is 4.08. The fraction of sp³-hybridized carbons (Fsp3) is 0.429. The predicted octanol–water partition coefficient (Wildman–Crippen LogP) is 3.28. The van der Waals surface area contributed by atoms with E-state index < -0.39 is 5.38 Å². The van der Waals surface area contributed by atoms with Gasteiger partial charge in [0.1, 0.15) is 17.2 Å². The van der Waals surface area contributed by atoms with Crippen molar-refractivity contribution < 1.29 is 14.3 Å². The molecule has 0 aliphatic rings. The molecular weight excluding hydrogens is 312 g/mol. The second-order valence-corrected chi connectivity index (χ2v) is 6.32. The number of nitrogens with zero attached hydrogens (tertiary/aromatic N) is 1. The number of halogens is 1. The number of carbonyl (C=O) groups excluding carboxylic acids is 1. The number of hydrogen-bond donors (Lipinski definition) is 1. The number of aromatic nitrogens is 1. The van der Waals surface area contributed by atoms with Gasteiger partial charge in [0.25, 0.3) is 0 Å². The predicted molar refractivity (Wildman–Crippen MR) is 85.5 cm³/mol. The summed E-state index contributed by atoms with van der Waals surface area (Å²) in [6.07, 6.45) is -0.0309. The smallest absolute Gasteiger partial charge is 0.243 e. The van der Waals surface area contributed by atoms with E-state index in [0.29, 0.717) is 11.7 Å². The van der Waals surface area contributed by atoms with E-state index in [2.05, 4.69) is 10.3 Å². The highest BCUT2D eigenvalue weighted by Gasteiger charge is 2.13. The number of thiazole rings is 1. The highest BCUT2D eigenvalue weighted by molar-refractivity contribution is 7.22. The van der Waals surface area contributed by atoms with E-state index in [9.17, 15) is 4.79 Å². The number of methoxy groups -OCH3 is 1. The number of amides is 1. The van der Waals surface area contributed by atoms with Crippen molar-refractivity contribution >= 4 is 44.2 Å². The van der Waals surface area contributed by atoms with Crippen LogP contribution in [0.1, 0.15) is 13.8 Å². The van der Waals surface area contributed by atoms with Gasteiger partial charge in [-0.05, 0) is 32.0 Å². The standard InChI is InChI=1S/C14H17ClN2O3S/c1-8(7-19-3)20-10-4-5-11-12(6-10)21-14(16-11)17-13(18)9(2)15/h4-6,8-9H,7H2,1-3H3,(H,16,17,18)/t8-,9+/m1/s1. The molecule has 0 unspecified atom stereocenters. The number of fused-ring (bicyclic) bond motifs is 1. The maximum atomic E-state index is 11.6. The minimum Gasteiger partial charge on any atom is -0.488 e. The largest absolute Gasteiger partial charge is 0.488 e. The Labute approximate surface area is 132 Å². The molecule has 0 aliphatic carbocycles. The third kappa shape index (κ3) is 4.30. The van der Waals surface area contributed by atoms with Gasteiger partial charge in [0.2, 0.25) is 5.91 Å². The lowest BCUT2D eigenvalue weighted by Gasteiger charge is -2.13. The van der Waals surface area contributed by atoms with E-state index in [1.54, 1.807) is 14.0 Å². The van der Waals surface area contributed by atoms with E-state index in [-0.39, 0.29) is 12.0 Å². The molecule has 0 radical (unpaired) electrons. The molecule has 21 heavy (non-hydrogen) atoms. The summed E-state index contributed by atoms with van der Waals surface area (Å²) in [5.74, 6) is 0.486. The Kier molecular flexibility index (Phi) is 5.39. The van der Waals surface area contributed by atoms with Gasteiger partial charge in [0.15, 0.2) is 5.13 Å². The van der Waals surface area contributed by atoms with Crippen molar-refractivity contribution in [2.45, 2.75) is 25.3 Å². The first-order valence-electron chi connectivity index (χ1n) is 6.50. The zero-order valence-corrected chi connectivity index (χ0v) is 13.6. The number of nitrogens with one attached hydrogen (secondary N) is 1. The quantitative estimate of drug-likeness (QED) is 0.827. The van der Waals surface area contributed by atoms with Crippen LogP contribution in [0, 0.1) is 0 Å². The van der Waals surface area contributed by atoms with Crippen LogP contribution in [-0.4, -0.2) is 36.1 Å². The SMILES string of the molecule is COC[C@@H](C)Oc1ccc2nc(NC(=O)[C@H](C)Cl)sc2c1. The van der Waals surface area contributed by atoms with Gasteiger partial charge >= 0.3 is 0 Å². The van der Waals surface area contributed by atoms with Crippen molar-refractivity contribution in [2.24, 2.45) is 0 Å². The summed E-state index contributed by atoms with van der Waals surface area (Å²) in [6, 6.07) is 5.61. The Bertz CT molecular complexity index is 630. The van der Waals surface area contributed by atoms with Gasteiger partial charge in [-0.25, -0.2) is 4.98 Å². The van der Waals surface area contributed by atoms with Crippen molar-refractivity contribution in [3.8, 4) is 5.75 Å². The third-order valence-corrected chi connectivity index (χ3v) is 3.82. The summed E-state index contributed by atoms with van der Waals surface area (Å²) in [5.41, 5.74) is 0.810. The number of anilines is 1. The normalized spacial score (nSPS) is 13.9. The van der Waals surface area contributed by atoms with Crippen LogP contribution in [0.5, 0.6) is 5.75 Å². The van der Waals surface area contributed by atoms with Crippen molar-refractivity contribution in [2.75, 3.05) is 19.0 Å². The Morgan fingerprint density at radius 1 is 1.48 bits per heavy atom. The van der Waals surface area contributed by atoms with Crippen LogP contribution in [0.25, 0.3) is 10.2 Å². The summed E-state index contributed by atoms with van der Waals surface area (Å²) >= 11 is 7.11. The number of ether oxygens (including phenoxy) is 2. The number of benzene rings is 1. The maximum absolute atomic E-state index is 11.6. The average molecular weight is 329 g/mol. The minimum absolute atomic E-state index is 0.0309. The van der Waals surface area contributed by atoms with E-state index in [1.807, 2.05) is 25.1 Å². The minimum atomic E-state index is -0.592. The van der Waals surface area contributed by atoms with Crippen LogP contribution < -0.4 is 10.1 Å². The average Bonchev–Trinajstić information content (AvgIpc) is 2.80. The lowest BCUT2D eigenvalue weighted by molar-refractivity contribution is -0.115. The van der Waals surface area contributed by atoms with E-state index in [1.165, 1.54) is 11.3 Å². The molecule has 1 heterocycles. The van der Waals surface area contributed by atoms with E-state index in [4.69, 9.17) is 21.1 Å². The molecule has 1 N–H and O–H groups in total. The summed E-state index contributed by atoms with van der Waals surface area (Å²) in [4.78, 5) is 15.9. The molecule has 0 bridgehead atoms. The Morgan fingerprint density at radius 3 is 2.90 bits per heavy atom. The number of rotatable bonds is 6. The molecule has 5 nitrogen and oxygen atoms in total. The maximum Gasteiger partial charge on any atom is 0.243 e. The monoisotopic (exact) mass is 328 g/mol. The van der Waals surface area contributed by atoms with Gasteiger partial charge in [-0.1, -0.05) is 11.3 Å². The van der Waals surface area contributed by atoms with Crippen LogP contribution in [-0.2, 0) is 9.53 Å². The lowest BCUT2D eigenvalue weighted by atomic mass is 10.3. The van der Waals surface area contributed by atoms with Crippen molar-refractivity contribution in [3.05, 3.63) is 18.2 Å². The van der Waals surface area contributed by atoms with Crippen molar-refractivity contribution in [1.82, 2.24) is 4.98 Å². The number of carbonyl (C=O) groups is 1. The van der Waals surface area contributed by atoms with Gasteiger partial charge in [-0.15, -0.1) is 11.6 Å². The first-order valence-corrected chi connectivity index (χ1v) is 7.76. The van der Waals surface area contributed by atoms with Crippen LogP contribution in [0.4, 0.5) is 5.13 Å². The van der Waals surface area contributed by atoms with Crippen LogP contribution in [0.2, 0.25) is 0 Å². The zero-order chi connectivity index (χ0) is 15.4. The first-order chi connectivity index (χ1) is 9.99. The molecule has 114 valence electrons. The highest BCUT2D eigenvalue weighted by atomic mass is 35.5. The van der Waals surface area contributed by atoms with Crippen LogP contribution >= 0.6 is 22.9 Å². The molecule has 2 rings (SSSR count). The second-order valence-electron chi connectivity index (χ2n) is 4.64. The molecule has 1 amide bonds. The molecule has 2 aromatic rings. The van der Waals surface area contributed by atoms with Crippen LogP contribution in [0.3, 0.4) is 0 Å². The van der Waals surface area contributed by atoms with Gasteiger partial charge in [-0.3, -0.25) is 4.79 Å². The fourth-order valence-corrected chi connectivity index (χ4v) is 2.69. The third-order valence-electron chi connectivity index (χ3n) is 2.69. The topological polar surface area (TPSA) is 60.5 Å². The molecule has 2 atom stereocenters. The van der Waals surface area contributed by atoms with Gasteiger partial charge < -0.3 is 14.8 Å². The number of alkyl halides is 1. The zero-order valence-electron chi connectivity index (χ0n) is 12.1. The number of hydrogen-bond acceptors (Lipinski definition) is 5. The Hall–Kier alpha value is -1.37. The molecule has 0 saturated heterocycles. The lowest BCUT2D eigenvalue weighted by Crippen LogP contribution is -2.19. The first kappa shape index (κ1) is 16.0. The highest BCUT2D eigenvalue weighted by Crippen LogP contribution is 2.29. The van der Waals surface area contributed by atoms with Crippen LogP contribution in [0.15, 0.2) is 18.2 Å². The molecular formula is C14H17ClN2O3S. The molecule has 0 aliphatic heterocycles. The van der Waals surface area contributed by atoms with Gasteiger partial charge in [0, 0.05) is 7.11 Å². The molecule has 7 heteroatoms. The van der Waals surface area contributed by atoms with Gasteiger partial charge in [-0.2, -0.15) is 0 Å². The Balaban J connectivity index is 2.14. The molecule has 1 aromatic carbocycles. The van der Waals surface area contributed by atoms with Crippen molar-refractivity contribution in [1.29, 1.82) is 0 Å². The fourth-order valence-electron chi connectivity index (χ4n) is 1.74. The molecule has 1 aromatic heterocycles. The van der Waals surface area contributed by atoms with E-state index in [0.717, 1.165) is 16.0 Å². The van der Waals surface area contributed by atoms with E-state index >= 15 is 0 Å². The molecule has 0 spiro atoms. The summed E-state index contributed by atoms with van der Waals surface area (Å²) in [7, 11) is 1.64.